The first-order valence-corrected chi connectivity index (χ1v) is 8.77. The van der Waals surface area contributed by atoms with Crippen LogP contribution in [0.1, 0.15) is 42.1 Å². The van der Waals surface area contributed by atoms with Gasteiger partial charge in [-0.15, -0.1) is 0 Å². The van der Waals surface area contributed by atoms with Crippen LogP contribution in [0.4, 0.5) is 13.2 Å². The van der Waals surface area contributed by atoms with Crippen molar-refractivity contribution >= 4 is 0 Å². The van der Waals surface area contributed by atoms with Gasteiger partial charge < -0.3 is 14.8 Å². The van der Waals surface area contributed by atoms with Gasteiger partial charge in [0, 0.05) is 6.54 Å². The van der Waals surface area contributed by atoms with Crippen molar-refractivity contribution in [1.29, 1.82) is 0 Å². The van der Waals surface area contributed by atoms with Gasteiger partial charge in [0.1, 0.15) is 0 Å². The van der Waals surface area contributed by atoms with E-state index in [1.54, 1.807) is 6.07 Å². The Hall–Kier alpha value is -2.21. The second-order valence-corrected chi connectivity index (χ2v) is 6.09. The fraction of sp³-hybridized carbons (Fsp3) is 0.400. The molecule has 1 aliphatic heterocycles. The Bertz CT molecular complexity index is 774. The Morgan fingerprint density at radius 2 is 1.65 bits per heavy atom. The van der Waals surface area contributed by atoms with Crippen LogP contribution in [-0.4, -0.2) is 19.8 Å². The number of fused-ring (bicyclic) bond motifs is 1. The van der Waals surface area contributed by atoms with E-state index in [1.807, 2.05) is 26.0 Å². The fourth-order valence-corrected chi connectivity index (χ4v) is 3.39. The minimum Gasteiger partial charge on any atom is -0.490 e. The van der Waals surface area contributed by atoms with Gasteiger partial charge in [0.05, 0.1) is 24.8 Å². The maximum absolute atomic E-state index is 13.5. The van der Waals surface area contributed by atoms with Crippen LogP contribution in [0.2, 0.25) is 0 Å². The highest BCUT2D eigenvalue weighted by atomic mass is 19.4. The van der Waals surface area contributed by atoms with E-state index in [1.165, 1.54) is 12.1 Å². The summed E-state index contributed by atoms with van der Waals surface area (Å²) < 4.78 is 51.7. The standard InChI is InChI=1S/C20H22F3NO2/c1-3-25-17-11-13-9-10-24-19(15(13)12-18(17)26-4-2)14-7-5-6-8-16(14)20(21,22)23/h5-8,11-12,19,24H,3-4,9-10H2,1-2H3/t19-/m0/s1. The zero-order valence-corrected chi connectivity index (χ0v) is 14.8. The van der Waals surface area contributed by atoms with Crippen LogP contribution in [0.5, 0.6) is 11.5 Å². The van der Waals surface area contributed by atoms with Crippen LogP contribution >= 0.6 is 0 Å². The van der Waals surface area contributed by atoms with Crippen molar-refractivity contribution in [3.05, 3.63) is 58.7 Å². The molecule has 2 aromatic rings. The molecule has 0 amide bonds. The number of hydrogen-bond donors (Lipinski definition) is 1. The van der Waals surface area contributed by atoms with Gasteiger partial charge in [-0.25, -0.2) is 0 Å². The van der Waals surface area contributed by atoms with Gasteiger partial charge in [-0.3, -0.25) is 0 Å². The molecular weight excluding hydrogens is 343 g/mol. The van der Waals surface area contributed by atoms with Crippen LogP contribution < -0.4 is 14.8 Å². The van der Waals surface area contributed by atoms with Crippen molar-refractivity contribution in [3.8, 4) is 11.5 Å². The maximum atomic E-state index is 13.5. The van der Waals surface area contributed by atoms with Gasteiger partial charge >= 0.3 is 6.18 Å². The quantitative estimate of drug-likeness (QED) is 0.830. The summed E-state index contributed by atoms with van der Waals surface area (Å²) in [7, 11) is 0. The van der Waals surface area contributed by atoms with Crippen molar-refractivity contribution in [1.82, 2.24) is 5.32 Å². The molecule has 0 aromatic heterocycles. The number of hydrogen-bond acceptors (Lipinski definition) is 3. The molecule has 140 valence electrons. The zero-order chi connectivity index (χ0) is 18.7. The molecule has 0 saturated carbocycles. The van der Waals surface area contributed by atoms with Gasteiger partial charge in [0.15, 0.2) is 11.5 Å². The van der Waals surface area contributed by atoms with Crippen molar-refractivity contribution < 1.29 is 22.6 Å². The lowest BCUT2D eigenvalue weighted by molar-refractivity contribution is -0.138. The molecule has 0 fully saturated rings. The molecule has 0 aliphatic carbocycles. The third-order valence-corrected chi connectivity index (χ3v) is 4.44. The molecule has 1 aliphatic rings. The van der Waals surface area contributed by atoms with Crippen LogP contribution in [0.25, 0.3) is 0 Å². The minimum atomic E-state index is -4.40. The van der Waals surface area contributed by atoms with E-state index in [4.69, 9.17) is 9.47 Å². The topological polar surface area (TPSA) is 30.5 Å². The molecule has 6 heteroatoms. The molecule has 0 bridgehead atoms. The second-order valence-electron chi connectivity index (χ2n) is 6.09. The average Bonchev–Trinajstić information content (AvgIpc) is 2.61. The third kappa shape index (κ3) is 3.65. The number of alkyl halides is 3. The molecule has 3 rings (SSSR count). The van der Waals surface area contributed by atoms with Crippen LogP contribution in [0, 0.1) is 0 Å². The van der Waals surface area contributed by atoms with Crippen molar-refractivity contribution in [2.45, 2.75) is 32.5 Å². The van der Waals surface area contributed by atoms with Crippen molar-refractivity contribution in [3.63, 3.8) is 0 Å². The minimum absolute atomic E-state index is 0.229. The lowest BCUT2D eigenvalue weighted by Gasteiger charge is -2.30. The van der Waals surface area contributed by atoms with Crippen molar-refractivity contribution in [2.75, 3.05) is 19.8 Å². The summed E-state index contributed by atoms with van der Waals surface area (Å²) in [5.74, 6) is 1.20. The molecule has 1 atom stereocenters. The molecular formula is C20H22F3NO2. The third-order valence-electron chi connectivity index (χ3n) is 4.44. The summed E-state index contributed by atoms with van der Waals surface area (Å²) in [5, 5.41) is 3.23. The molecule has 0 unspecified atom stereocenters. The number of ether oxygens (including phenoxy) is 2. The highest BCUT2D eigenvalue weighted by Gasteiger charge is 2.36. The Morgan fingerprint density at radius 1 is 1.00 bits per heavy atom. The highest BCUT2D eigenvalue weighted by Crippen LogP contribution is 2.41. The highest BCUT2D eigenvalue weighted by molar-refractivity contribution is 5.52. The lowest BCUT2D eigenvalue weighted by Crippen LogP contribution is -2.32. The molecule has 26 heavy (non-hydrogen) atoms. The monoisotopic (exact) mass is 365 g/mol. The predicted octanol–water partition coefficient (Wildman–Crippen LogP) is 4.74. The Balaban J connectivity index is 2.11. The molecule has 0 radical (unpaired) electrons. The van der Waals surface area contributed by atoms with Gasteiger partial charge in [0.25, 0.3) is 0 Å². The first-order valence-electron chi connectivity index (χ1n) is 8.77. The number of benzene rings is 2. The van der Waals surface area contributed by atoms with Gasteiger partial charge in [-0.2, -0.15) is 13.2 Å². The van der Waals surface area contributed by atoms with E-state index in [-0.39, 0.29) is 5.56 Å². The zero-order valence-electron chi connectivity index (χ0n) is 14.8. The van der Waals surface area contributed by atoms with Crippen LogP contribution in [0.15, 0.2) is 36.4 Å². The van der Waals surface area contributed by atoms with E-state index in [9.17, 15) is 13.2 Å². The molecule has 0 saturated heterocycles. The summed E-state index contributed by atoms with van der Waals surface area (Å²) in [6.07, 6.45) is -3.67. The molecule has 0 spiro atoms. The average molecular weight is 365 g/mol. The lowest BCUT2D eigenvalue weighted by atomic mass is 9.87. The summed E-state index contributed by atoms with van der Waals surface area (Å²) in [6.45, 7) is 5.31. The van der Waals surface area contributed by atoms with Crippen LogP contribution in [0.3, 0.4) is 0 Å². The normalized spacial score (nSPS) is 16.9. The van der Waals surface area contributed by atoms with Crippen molar-refractivity contribution in [2.24, 2.45) is 0 Å². The summed E-state index contributed by atoms with van der Waals surface area (Å²) >= 11 is 0. The molecule has 3 nitrogen and oxygen atoms in total. The summed E-state index contributed by atoms with van der Waals surface area (Å²) in [5.41, 5.74) is 1.40. The van der Waals surface area contributed by atoms with Crippen LogP contribution in [-0.2, 0) is 12.6 Å². The van der Waals surface area contributed by atoms with E-state index in [0.29, 0.717) is 31.3 Å². The first kappa shape index (κ1) is 18.6. The van der Waals surface area contributed by atoms with Gasteiger partial charge in [-0.1, -0.05) is 18.2 Å². The predicted molar refractivity (Wildman–Crippen MR) is 93.8 cm³/mol. The Kier molecular flexibility index (Phi) is 5.41. The van der Waals surface area contributed by atoms with Gasteiger partial charge in [-0.05, 0) is 55.2 Å². The van der Waals surface area contributed by atoms with E-state index < -0.39 is 17.8 Å². The number of rotatable bonds is 5. The van der Waals surface area contributed by atoms with Gasteiger partial charge in [0.2, 0.25) is 0 Å². The van der Waals surface area contributed by atoms with E-state index in [2.05, 4.69) is 5.32 Å². The molecule has 1 heterocycles. The second kappa shape index (κ2) is 7.58. The Labute approximate surface area is 151 Å². The first-order chi connectivity index (χ1) is 12.5. The molecule has 2 aromatic carbocycles. The van der Waals surface area contributed by atoms with E-state index in [0.717, 1.165) is 23.6 Å². The molecule has 1 N–H and O–H groups in total. The summed E-state index contributed by atoms with van der Waals surface area (Å²) in [6, 6.07) is 8.89. The summed E-state index contributed by atoms with van der Waals surface area (Å²) in [4.78, 5) is 0. The smallest absolute Gasteiger partial charge is 0.416 e. The largest absolute Gasteiger partial charge is 0.490 e. The Morgan fingerprint density at radius 3 is 2.31 bits per heavy atom. The SMILES string of the molecule is CCOc1cc2c(cc1OCC)[C@H](c1ccccc1C(F)(F)F)NCC2. The number of halogens is 3. The number of nitrogens with one attached hydrogen (secondary N) is 1. The van der Waals surface area contributed by atoms with E-state index >= 15 is 0 Å². The maximum Gasteiger partial charge on any atom is 0.416 e. The fourth-order valence-electron chi connectivity index (χ4n) is 3.39.